The van der Waals surface area contributed by atoms with Gasteiger partial charge in [0.15, 0.2) is 12.4 Å². The molecule has 4 nitrogen and oxygen atoms in total. The Balaban J connectivity index is 1.84. The van der Waals surface area contributed by atoms with E-state index in [1.807, 2.05) is 24.4 Å². The van der Waals surface area contributed by atoms with Gasteiger partial charge in [0.25, 0.3) is 5.91 Å². The maximum atomic E-state index is 12.0. The number of carbonyl (C=O) groups excluding carboxylic acids is 2. The standard InChI is InChI=1S/C17H19NO3S/c1-3-16(19)13-6-8-14(9-7-13)21-12-17(20)18(2)11-15-5-4-10-22-15/h4-10H,3,11-12H2,1-2H3. The zero-order valence-electron chi connectivity index (χ0n) is 12.7. The van der Waals surface area contributed by atoms with Crippen molar-refractivity contribution in [3.63, 3.8) is 0 Å². The van der Waals surface area contributed by atoms with Crippen LogP contribution in [0.4, 0.5) is 0 Å². The second-order valence-electron chi connectivity index (χ2n) is 4.92. The molecule has 0 aliphatic carbocycles. The van der Waals surface area contributed by atoms with Crippen LogP contribution < -0.4 is 4.74 Å². The van der Waals surface area contributed by atoms with Gasteiger partial charge in [-0.15, -0.1) is 11.3 Å². The van der Waals surface area contributed by atoms with E-state index in [4.69, 9.17) is 4.74 Å². The minimum absolute atomic E-state index is 0.0110. The van der Waals surface area contributed by atoms with Gasteiger partial charge in [0.2, 0.25) is 0 Å². The van der Waals surface area contributed by atoms with E-state index < -0.39 is 0 Å². The molecular formula is C17H19NO3S. The van der Waals surface area contributed by atoms with Crippen molar-refractivity contribution in [1.82, 2.24) is 4.90 Å². The topological polar surface area (TPSA) is 46.6 Å². The molecule has 0 aliphatic rings. The van der Waals surface area contributed by atoms with Gasteiger partial charge >= 0.3 is 0 Å². The molecule has 0 bridgehead atoms. The summed E-state index contributed by atoms with van der Waals surface area (Å²) in [7, 11) is 1.76. The summed E-state index contributed by atoms with van der Waals surface area (Å²) >= 11 is 1.62. The SMILES string of the molecule is CCC(=O)c1ccc(OCC(=O)N(C)Cc2cccs2)cc1. The molecule has 0 unspecified atom stereocenters. The normalized spacial score (nSPS) is 10.3. The Morgan fingerprint density at radius 2 is 1.91 bits per heavy atom. The molecule has 1 amide bonds. The summed E-state index contributed by atoms with van der Waals surface area (Å²) in [6.07, 6.45) is 0.478. The number of benzene rings is 1. The molecular weight excluding hydrogens is 298 g/mol. The number of thiophene rings is 1. The molecule has 2 rings (SSSR count). The highest BCUT2D eigenvalue weighted by Crippen LogP contribution is 2.14. The molecule has 1 aromatic carbocycles. The van der Waals surface area contributed by atoms with E-state index in [1.165, 1.54) is 0 Å². The highest BCUT2D eigenvalue weighted by Gasteiger charge is 2.11. The summed E-state index contributed by atoms with van der Waals surface area (Å²) in [5.74, 6) is 0.603. The Morgan fingerprint density at radius 3 is 2.50 bits per heavy atom. The minimum atomic E-state index is -0.0814. The van der Waals surface area contributed by atoms with Gasteiger partial charge in [-0.3, -0.25) is 9.59 Å². The summed E-state index contributed by atoms with van der Waals surface area (Å²) in [6.45, 7) is 2.40. The first-order chi connectivity index (χ1) is 10.6. The zero-order valence-corrected chi connectivity index (χ0v) is 13.6. The van der Waals surface area contributed by atoms with Crippen LogP contribution in [0.5, 0.6) is 5.75 Å². The predicted molar refractivity (Wildman–Crippen MR) is 87.4 cm³/mol. The number of Topliss-reactive ketones (excluding diaryl/α,β-unsaturated/α-hetero) is 1. The second kappa shape index (κ2) is 7.75. The van der Waals surface area contributed by atoms with Crippen LogP contribution in [0.2, 0.25) is 0 Å². The van der Waals surface area contributed by atoms with Crippen LogP contribution in [0.1, 0.15) is 28.6 Å². The van der Waals surface area contributed by atoms with Crippen LogP contribution in [-0.4, -0.2) is 30.2 Å². The number of rotatable bonds is 7. The molecule has 0 saturated carbocycles. The minimum Gasteiger partial charge on any atom is -0.484 e. The number of nitrogens with zero attached hydrogens (tertiary/aromatic N) is 1. The number of amides is 1. The molecule has 1 heterocycles. The lowest BCUT2D eigenvalue weighted by atomic mass is 10.1. The van der Waals surface area contributed by atoms with Crippen molar-refractivity contribution in [1.29, 1.82) is 0 Å². The van der Waals surface area contributed by atoms with Crippen molar-refractivity contribution in [2.75, 3.05) is 13.7 Å². The fraction of sp³-hybridized carbons (Fsp3) is 0.294. The second-order valence-corrected chi connectivity index (χ2v) is 5.95. The van der Waals surface area contributed by atoms with Crippen LogP contribution in [0, 0.1) is 0 Å². The first kappa shape index (κ1) is 16.2. The van der Waals surface area contributed by atoms with Gasteiger partial charge in [-0.25, -0.2) is 0 Å². The smallest absolute Gasteiger partial charge is 0.260 e. The van der Waals surface area contributed by atoms with Gasteiger partial charge in [0, 0.05) is 23.9 Å². The van der Waals surface area contributed by atoms with Crippen LogP contribution in [0.25, 0.3) is 0 Å². The van der Waals surface area contributed by atoms with Crippen molar-refractivity contribution < 1.29 is 14.3 Å². The molecule has 0 spiro atoms. The third-order valence-corrected chi connectivity index (χ3v) is 4.12. The Bertz CT molecular complexity index is 620. The van der Waals surface area contributed by atoms with Gasteiger partial charge in [0.1, 0.15) is 5.75 Å². The van der Waals surface area contributed by atoms with Crippen molar-refractivity contribution >= 4 is 23.0 Å². The van der Waals surface area contributed by atoms with E-state index in [0.29, 0.717) is 24.3 Å². The van der Waals surface area contributed by atoms with Gasteiger partial charge in [-0.05, 0) is 35.7 Å². The van der Waals surface area contributed by atoms with E-state index in [0.717, 1.165) is 4.88 Å². The summed E-state index contributed by atoms with van der Waals surface area (Å²) in [5.41, 5.74) is 0.663. The first-order valence-corrected chi connectivity index (χ1v) is 8.00. The lowest BCUT2D eigenvalue weighted by Gasteiger charge is -2.16. The molecule has 22 heavy (non-hydrogen) atoms. The average molecular weight is 317 g/mol. The lowest BCUT2D eigenvalue weighted by Crippen LogP contribution is -2.30. The lowest BCUT2D eigenvalue weighted by molar-refractivity contribution is -0.132. The van der Waals surface area contributed by atoms with E-state index in [2.05, 4.69) is 0 Å². The number of hydrogen-bond donors (Lipinski definition) is 0. The summed E-state index contributed by atoms with van der Waals surface area (Å²) in [6, 6.07) is 10.8. The molecule has 0 radical (unpaired) electrons. The Kier molecular flexibility index (Phi) is 5.72. The number of hydrogen-bond acceptors (Lipinski definition) is 4. The van der Waals surface area contributed by atoms with E-state index >= 15 is 0 Å². The summed E-state index contributed by atoms with van der Waals surface area (Å²) in [4.78, 5) is 26.3. The predicted octanol–water partition coefficient (Wildman–Crippen LogP) is 3.38. The van der Waals surface area contributed by atoms with Gasteiger partial charge in [-0.1, -0.05) is 13.0 Å². The maximum absolute atomic E-state index is 12.0. The first-order valence-electron chi connectivity index (χ1n) is 7.12. The largest absolute Gasteiger partial charge is 0.484 e. The summed E-state index contributed by atoms with van der Waals surface area (Å²) < 4.78 is 5.48. The molecule has 0 fully saturated rings. The van der Waals surface area contributed by atoms with Crippen LogP contribution in [0.3, 0.4) is 0 Å². The number of ether oxygens (including phenoxy) is 1. The molecule has 0 saturated heterocycles. The Labute approximate surface area is 134 Å². The van der Waals surface area contributed by atoms with Gasteiger partial charge < -0.3 is 9.64 Å². The van der Waals surface area contributed by atoms with Crippen molar-refractivity contribution in [3.8, 4) is 5.75 Å². The molecule has 0 N–H and O–H groups in total. The third-order valence-electron chi connectivity index (χ3n) is 3.26. The number of ketones is 1. The third kappa shape index (κ3) is 4.43. The molecule has 116 valence electrons. The van der Waals surface area contributed by atoms with E-state index in [9.17, 15) is 9.59 Å². The molecule has 2 aromatic rings. The fourth-order valence-corrected chi connectivity index (χ4v) is 2.68. The highest BCUT2D eigenvalue weighted by molar-refractivity contribution is 7.09. The molecule has 5 heteroatoms. The number of likely N-dealkylation sites (N-methyl/N-ethyl adjacent to an activating group) is 1. The summed E-state index contributed by atoms with van der Waals surface area (Å²) in [5, 5.41) is 1.99. The van der Waals surface area contributed by atoms with E-state index in [-0.39, 0.29) is 18.3 Å². The average Bonchev–Trinajstić information content (AvgIpc) is 3.05. The Hall–Kier alpha value is -2.14. The van der Waals surface area contributed by atoms with Crippen LogP contribution >= 0.6 is 11.3 Å². The van der Waals surface area contributed by atoms with Gasteiger partial charge in [0.05, 0.1) is 6.54 Å². The Morgan fingerprint density at radius 1 is 1.18 bits per heavy atom. The monoisotopic (exact) mass is 317 g/mol. The van der Waals surface area contributed by atoms with Crippen molar-refractivity contribution in [3.05, 3.63) is 52.2 Å². The zero-order chi connectivity index (χ0) is 15.9. The van der Waals surface area contributed by atoms with Crippen molar-refractivity contribution in [2.45, 2.75) is 19.9 Å². The molecule has 1 aromatic heterocycles. The highest BCUT2D eigenvalue weighted by atomic mass is 32.1. The molecule has 0 aliphatic heterocycles. The molecule has 0 atom stereocenters. The number of carbonyl (C=O) groups is 2. The van der Waals surface area contributed by atoms with Crippen molar-refractivity contribution in [2.24, 2.45) is 0 Å². The van der Waals surface area contributed by atoms with Crippen LogP contribution in [0.15, 0.2) is 41.8 Å². The van der Waals surface area contributed by atoms with Crippen LogP contribution in [-0.2, 0) is 11.3 Å². The maximum Gasteiger partial charge on any atom is 0.260 e. The quantitative estimate of drug-likeness (QED) is 0.736. The van der Waals surface area contributed by atoms with E-state index in [1.54, 1.807) is 47.5 Å². The van der Waals surface area contributed by atoms with Gasteiger partial charge in [-0.2, -0.15) is 0 Å². The fourth-order valence-electron chi connectivity index (χ4n) is 1.92.